The SMILES string of the molecule is CN(Cc1ccc(Cl)cc1)c1c(F)cc(C(N)=S)cc1F. The number of halogens is 3. The number of thiocarbonyl (C=S) groups is 1. The molecule has 2 aromatic rings. The molecule has 0 spiro atoms. The first-order valence-electron chi connectivity index (χ1n) is 6.13. The number of hydrogen-bond acceptors (Lipinski definition) is 2. The van der Waals surface area contributed by atoms with E-state index in [9.17, 15) is 8.78 Å². The summed E-state index contributed by atoms with van der Waals surface area (Å²) in [5.74, 6) is -1.40. The molecule has 0 heterocycles. The van der Waals surface area contributed by atoms with Crippen LogP contribution in [0.25, 0.3) is 0 Å². The smallest absolute Gasteiger partial charge is 0.150 e. The molecular weight excluding hydrogens is 314 g/mol. The van der Waals surface area contributed by atoms with Gasteiger partial charge in [-0.05, 0) is 29.8 Å². The van der Waals surface area contributed by atoms with Crippen LogP contribution in [-0.4, -0.2) is 12.0 Å². The second kappa shape index (κ2) is 6.37. The van der Waals surface area contributed by atoms with Gasteiger partial charge in [0.15, 0.2) is 0 Å². The van der Waals surface area contributed by atoms with Crippen LogP contribution in [0.4, 0.5) is 14.5 Å². The Morgan fingerprint density at radius 1 is 1.19 bits per heavy atom. The second-order valence-electron chi connectivity index (χ2n) is 4.64. The molecule has 2 rings (SSSR count). The lowest BCUT2D eigenvalue weighted by atomic mass is 10.1. The van der Waals surface area contributed by atoms with Crippen LogP contribution in [0.15, 0.2) is 36.4 Å². The van der Waals surface area contributed by atoms with Gasteiger partial charge in [-0.2, -0.15) is 0 Å². The van der Waals surface area contributed by atoms with Crippen LogP contribution in [0.1, 0.15) is 11.1 Å². The number of hydrogen-bond donors (Lipinski definition) is 1. The molecule has 0 bridgehead atoms. The largest absolute Gasteiger partial charge is 0.389 e. The van der Waals surface area contributed by atoms with Gasteiger partial charge in [-0.25, -0.2) is 8.78 Å². The number of nitrogens with zero attached hydrogens (tertiary/aromatic N) is 1. The summed E-state index contributed by atoms with van der Waals surface area (Å²) in [7, 11) is 1.61. The van der Waals surface area contributed by atoms with Crippen LogP contribution in [0, 0.1) is 11.6 Å². The van der Waals surface area contributed by atoms with E-state index in [0.29, 0.717) is 11.6 Å². The van der Waals surface area contributed by atoms with Crippen LogP contribution in [-0.2, 0) is 6.54 Å². The summed E-state index contributed by atoms with van der Waals surface area (Å²) in [6, 6.07) is 9.34. The van der Waals surface area contributed by atoms with Gasteiger partial charge in [0.1, 0.15) is 22.3 Å². The van der Waals surface area contributed by atoms with Crippen molar-refractivity contribution in [2.75, 3.05) is 11.9 Å². The molecule has 0 aromatic heterocycles. The first-order chi connectivity index (χ1) is 9.88. The molecule has 2 nitrogen and oxygen atoms in total. The van der Waals surface area contributed by atoms with Gasteiger partial charge < -0.3 is 10.6 Å². The molecule has 0 unspecified atom stereocenters. The molecule has 0 saturated heterocycles. The fraction of sp³-hybridized carbons (Fsp3) is 0.133. The predicted octanol–water partition coefficient (Wildman–Crippen LogP) is 3.89. The summed E-state index contributed by atoms with van der Waals surface area (Å²) in [5, 5.41) is 0.611. The molecule has 0 fully saturated rings. The van der Waals surface area contributed by atoms with Crippen LogP contribution in [0.5, 0.6) is 0 Å². The third-order valence-corrected chi connectivity index (χ3v) is 3.50. The molecule has 110 valence electrons. The Morgan fingerprint density at radius 3 is 2.19 bits per heavy atom. The quantitative estimate of drug-likeness (QED) is 0.864. The van der Waals surface area contributed by atoms with Gasteiger partial charge in [0, 0.05) is 24.2 Å². The molecule has 0 aliphatic heterocycles. The minimum Gasteiger partial charge on any atom is -0.389 e. The van der Waals surface area contributed by atoms with E-state index in [2.05, 4.69) is 0 Å². The van der Waals surface area contributed by atoms with Crippen molar-refractivity contribution in [3.63, 3.8) is 0 Å². The fourth-order valence-electron chi connectivity index (χ4n) is 2.02. The van der Waals surface area contributed by atoms with Crippen molar-refractivity contribution in [3.8, 4) is 0 Å². The fourth-order valence-corrected chi connectivity index (χ4v) is 2.26. The first kappa shape index (κ1) is 15.7. The van der Waals surface area contributed by atoms with Crippen molar-refractivity contribution in [3.05, 3.63) is 64.2 Å². The van der Waals surface area contributed by atoms with Gasteiger partial charge in [0.05, 0.1) is 0 Å². The van der Waals surface area contributed by atoms with Crippen molar-refractivity contribution >= 4 is 34.5 Å². The second-order valence-corrected chi connectivity index (χ2v) is 5.51. The van der Waals surface area contributed by atoms with Crippen molar-refractivity contribution in [1.29, 1.82) is 0 Å². The molecule has 0 aliphatic rings. The van der Waals surface area contributed by atoms with Crippen LogP contribution in [0.3, 0.4) is 0 Å². The summed E-state index contributed by atoms with van der Waals surface area (Å²) in [4.78, 5) is 1.44. The number of benzene rings is 2. The Hall–Kier alpha value is -1.72. The average Bonchev–Trinajstić information content (AvgIpc) is 2.40. The summed E-state index contributed by atoms with van der Waals surface area (Å²) in [6.07, 6.45) is 0. The molecule has 6 heteroatoms. The van der Waals surface area contributed by atoms with Gasteiger partial charge in [0.25, 0.3) is 0 Å². The van der Waals surface area contributed by atoms with E-state index in [1.54, 1.807) is 31.3 Å². The maximum absolute atomic E-state index is 14.1. The zero-order valence-electron chi connectivity index (χ0n) is 11.2. The molecule has 0 amide bonds. The molecule has 0 radical (unpaired) electrons. The van der Waals surface area contributed by atoms with E-state index in [-0.39, 0.29) is 16.2 Å². The Bertz CT molecular complexity index is 651. The molecule has 2 aromatic carbocycles. The molecule has 0 atom stereocenters. The van der Waals surface area contributed by atoms with E-state index < -0.39 is 11.6 Å². The normalized spacial score (nSPS) is 10.5. The maximum atomic E-state index is 14.1. The van der Waals surface area contributed by atoms with Crippen LogP contribution < -0.4 is 10.6 Å². The molecule has 0 saturated carbocycles. The minimum atomic E-state index is -0.700. The van der Waals surface area contributed by atoms with Crippen LogP contribution >= 0.6 is 23.8 Å². The number of anilines is 1. The topological polar surface area (TPSA) is 29.3 Å². The van der Waals surface area contributed by atoms with Crippen molar-refractivity contribution < 1.29 is 8.78 Å². The standard InChI is InChI=1S/C15H13ClF2N2S/c1-20(8-9-2-4-11(16)5-3-9)14-12(17)6-10(15(19)21)7-13(14)18/h2-7H,8H2,1H3,(H2,19,21). The Balaban J connectivity index is 2.28. The first-order valence-corrected chi connectivity index (χ1v) is 6.91. The maximum Gasteiger partial charge on any atom is 0.150 e. The lowest BCUT2D eigenvalue weighted by molar-refractivity contribution is 0.576. The van der Waals surface area contributed by atoms with Crippen molar-refractivity contribution in [1.82, 2.24) is 0 Å². The summed E-state index contributed by atoms with van der Waals surface area (Å²) >= 11 is 10.5. The molecule has 21 heavy (non-hydrogen) atoms. The highest BCUT2D eigenvalue weighted by Crippen LogP contribution is 2.25. The van der Waals surface area contributed by atoms with Gasteiger partial charge in [0.2, 0.25) is 0 Å². The Labute approximate surface area is 132 Å². The zero-order chi connectivity index (χ0) is 15.6. The average molecular weight is 327 g/mol. The Kier molecular flexibility index (Phi) is 4.75. The summed E-state index contributed by atoms with van der Waals surface area (Å²) in [5.41, 5.74) is 6.33. The highest BCUT2D eigenvalue weighted by atomic mass is 35.5. The number of rotatable bonds is 4. The summed E-state index contributed by atoms with van der Waals surface area (Å²) < 4.78 is 28.1. The Morgan fingerprint density at radius 2 is 1.71 bits per heavy atom. The number of nitrogens with two attached hydrogens (primary N) is 1. The summed E-state index contributed by atoms with van der Waals surface area (Å²) in [6.45, 7) is 0.345. The highest BCUT2D eigenvalue weighted by molar-refractivity contribution is 7.80. The van der Waals surface area contributed by atoms with Gasteiger partial charge >= 0.3 is 0 Å². The lowest BCUT2D eigenvalue weighted by Crippen LogP contribution is -2.20. The van der Waals surface area contributed by atoms with Crippen molar-refractivity contribution in [2.45, 2.75) is 6.54 Å². The minimum absolute atomic E-state index is 0.0419. The molecule has 2 N–H and O–H groups in total. The van der Waals surface area contributed by atoms with Crippen LogP contribution in [0.2, 0.25) is 5.02 Å². The van der Waals surface area contributed by atoms with Gasteiger partial charge in [-0.3, -0.25) is 0 Å². The third-order valence-electron chi connectivity index (χ3n) is 3.02. The highest BCUT2D eigenvalue weighted by Gasteiger charge is 2.16. The monoisotopic (exact) mass is 326 g/mol. The van der Waals surface area contributed by atoms with E-state index >= 15 is 0 Å². The van der Waals surface area contributed by atoms with Gasteiger partial charge in [-0.15, -0.1) is 0 Å². The molecular formula is C15H13ClF2N2S. The van der Waals surface area contributed by atoms with E-state index in [1.807, 2.05) is 0 Å². The lowest BCUT2D eigenvalue weighted by Gasteiger charge is -2.21. The van der Waals surface area contributed by atoms with E-state index in [0.717, 1.165) is 17.7 Å². The predicted molar refractivity (Wildman–Crippen MR) is 85.8 cm³/mol. The molecule has 0 aliphatic carbocycles. The van der Waals surface area contributed by atoms with E-state index in [4.69, 9.17) is 29.6 Å². The van der Waals surface area contributed by atoms with Crippen molar-refractivity contribution in [2.24, 2.45) is 5.73 Å². The van der Waals surface area contributed by atoms with Gasteiger partial charge in [-0.1, -0.05) is 36.0 Å². The third kappa shape index (κ3) is 3.68. The van der Waals surface area contributed by atoms with E-state index in [1.165, 1.54) is 4.90 Å². The zero-order valence-corrected chi connectivity index (χ0v) is 12.8.